The molecule has 1 aliphatic carbocycles. The quantitative estimate of drug-likeness (QED) is 0.837. The number of nitrogens with zero attached hydrogens (tertiary/aromatic N) is 1. The maximum Gasteiger partial charge on any atom is 0.228 e. The van der Waals surface area contributed by atoms with Crippen molar-refractivity contribution < 1.29 is 19.0 Å². The Bertz CT molecular complexity index is 1010. The number of aliphatic hydroxyl groups excluding tert-OH is 1. The van der Waals surface area contributed by atoms with Crippen molar-refractivity contribution in [2.24, 2.45) is 5.73 Å². The largest absolute Gasteiger partial charge is 0.490 e. The van der Waals surface area contributed by atoms with E-state index in [0.29, 0.717) is 5.56 Å². The second kappa shape index (κ2) is 7.41. The van der Waals surface area contributed by atoms with Crippen LogP contribution < -0.4 is 20.6 Å². The summed E-state index contributed by atoms with van der Waals surface area (Å²) in [6.07, 6.45) is 4.72. The maximum atomic E-state index is 12.3. The zero-order valence-electron chi connectivity index (χ0n) is 15.2. The molecule has 1 atom stereocenters. The molecule has 2 heterocycles. The molecule has 2 aromatic rings. The van der Waals surface area contributed by atoms with E-state index in [9.17, 15) is 15.2 Å². The van der Waals surface area contributed by atoms with Gasteiger partial charge in [0.1, 0.15) is 29.8 Å². The lowest BCUT2D eigenvalue weighted by molar-refractivity contribution is 0.210. The zero-order chi connectivity index (χ0) is 19.7. The lowest BCUT2D eigenvalue weighted by Gasteiger charge is -2.25. The van der Waals surface area contributed by atoms with E-state index in [2.05, 4.69) is 0 Å². The fourth-order valence-electron chi connectivity index (χ4n) is 3.73. The van der Waals surface area contributed by atoms with Crippen LogP contribution in [0.2, 0.25) is 0 Å². The Morgan fingerprint density at radius 3 is 2.61 bits per heavy atom. The number of aliphatic hydroxyl groups is 1. The average molecular weight is 380 g/mol. The Hall–Kier alpha value is -3.24. The van der Waals surface area contributed by atoms with Crippen LogP contribution in [-0.4, -0.2) is 11.2 Å². The molecule has 7 heteroatoms. The second-order valence-corrected chi connectivity index (χ2v) is 6.95. The highest BCUT2D eigenvalue weighted by atomic mass is 16.5. The number of nitriles is 1. The van der Waals surface area contributed by atoms with Crippen molar-refractivity contribution in [1.29, 1.82) is 5.26 Å². The van der Waals surface area contributed by atoms with Crippen molar-refractivity contribution in [1.82, 2.24) is 0 Å². The first-order chi connectivity index (χ1) is 13.6. The van der Waals surface area contributed by atoms with Crippen LogP contribution in [0.15, 0.2) is 51.0 Å². The number of hydrogen-bond acceptors (Lipinski definition) is 7. The van der Waals surface area contributed by atoms with E-state index in [4.69, 9.17) is 19.6 Å². The molecule has 1 saturated carbocycles. The first-order valence-electron chi connectivity index (χ1n) is 9.22. The summed E-state index contributed by atoms with van der Waals surface area (Å²) in [7, 11) is 0. The normalized spacial score (nSPS) is 19.1. The van der Waals surface area contributed by atoms with Crippen LogP contribution in [0.1, 0.15) is 48.7 Å². The van der Waals surface area contributed by atoms with Crippen molar-refractivity contribution in [2.45, 2.75) is 44.3 Å². The highest BCUT2D eigenvalue weighted by molar-refractivity contribution is 5.52. The van der Waals surface area contributed by atoms with Gasteiger partial charge in [0.15, 0.2) is 5.76 Å². The number of benzene rings is 1. The van der Waals surface area contributed by atoms with Gasteiger partial charge in [-0.1, -0.05) is 12.1 Å². The van der Waals surface area contributed by atoms with Gasteiger partial charge in [-0.2, -0.15) is 5.26 Å². The monoisotopic (exact) mass is 380 g/mol. The first-order valence-corrected chi connectivity index (χ1v) is 9.22. The van der Waals surface area contributed by atoms with E-state index in [1.807, 2.05) is 30.3 Å². The van der Waals surface area contributed by atoms with Crippen LogP contribution in [0.4, 0.5) is 0 Å². The summed E-state index contributed by atoms with van der Waals surface area (Å²) in [5.41, 5.74) is 6.29. The van der Waals surface area contributed by atoms with Crippen molar-refractivity contribution in [3.63, 3.8) is 0 Å². The Morgan fingerprint density at radius 2 is 1.96 bits per heavy atom. The number of allylic oxidation sites excluding steroid dienone is 1. The van der Waals surface area contributed by atoms with E-state index in [0.717, 1.165) is 24.7 Å². The second-order valence-electron chi connectivity index (χ2n) is 6.95. The fraction of sp³-hybridized carbons (Fsp3) is 0.333. The molecule has 0 amide bonds. The molecule has 0 saturated heterocycles. The number of ether oxygens (including phenoxy) is 2. The van der Waals surface area contributed by atoms with Gasteiger partial charge in [-0.25, -0.2) is 0 Å². The third-order valence-electron chi connectivity index (χ3n) is 5.10. The van der Waals surface area contributed by atoms with Gasteiger partial charge < -0.3 is 24.7 Å². The molecule has 3 N–H and O–H groups in total. The van der Waals surface area contributed by atoms with Gasteiger partial charge in [-0.3, -0.25) is 4.79 Å². The third-order valence-corrected chi connectivity index (χ3v) is 5.10. The van der Waals surface area contributed by atoms with Gasteiger partial charge in [0, 0.05) is 6.07 Å². The van der Waals surface area contributed by atoms with E-state index < -0.39 is 18.0 Å². The highest BCUT2D eigenvalue weighted by Crippen LogP contribution is 2.41. The van der Waals surface area contributed by atoms with Crippen LogP contribution in [0, 0.1) is 11.3 Å². The molecule has 1 fully saturated rings. The Kier molecular flexibility index (Phi) is 4.80. The smallest absolute Gasteiger partial charge is 0.228 e. The topological polar surface area (TPSA) is 119 Å². The van der Waals surface area contributed by atoms with E-state index in [-0.39, 0.29) is 34.8 Å². The van der Waals surface area contributed by atoms with Gasteiger partial charge in [0.05, 0.1) is 12.0 Å². The maximum absolute atomic E-state index is 12.3. The molecule has 0 radical (unpaired) electrons. The summed E-state index contributed by atoms with van der Waals surface area (Å²) in [6.45, 7) is -0.440. The highest BCUT2D eigenvalue weighted by Gasteiger charge is 2.35. The summed E-state index contributed by atoms with van der Waals surface area (Å²) in [6, 6.07) is 10.5. The van der Waals surface area contributed by atoms with Gasteiger partial charge >= 0.3 is 0 Å². The van der Waals surface area contributed by atoms with Crippen molar-refractivity contribution >= 4 is 0 Å². The zero-order valence-corrected chi connectivity index (χ0v) is 15.2. The van der Waals surface area contributed by atoms with Crippen LogP contribution in [0.5, 0.6) is 11.5 Å². The predicted octanol–water partition coefficient (Wildman–Crippen LogP) is 2.67. The summed E-state index contributed by atoms with van der Waals surface area (Å²) < 4.78 is 17.0. The van der Waals surface area contributed by atoms with Crippen molar-refractivity contribution in [3.8, 4) is 17.6 Å². The Labute approximate surface area is 161 Å². The van der Waals surface area contributed by atoms with Gasteiger partial charge in [-0.15, -0.1) is 0 Å². The Morgan fingerprint density at radius 1 is 1.25 bits per heavy atom. The molecule has 1 unspecified atom stereocenters. The lowest BCUT2D eigenvalue weighted by Crippen LogP contribution is -2.25. The summed E-state index contributed by atoms with van der Waals surface area (Å²) in [4.78, 5) is 12.3. The molecular formula is C21H20N2O5. The molecule has 2 aliphatic rings. The number of rotatable bonds is 4. The van der Waals surface area contributed by atoms with Gasteiger partial charge in [0.2, 0.25) is 17.1 Å². The van der Waals surface area contributed by atoms with E-state index in [1.54, 1.807) is 0 Å². The van der Waals surface area contributed by atoms with Crippen molar-refractivity contribution in [2.75, 3.05) is 0 Å². The third kappa shape index (κ3) is 3.23. The van der Waals surface area contributed by atoms with Crippen LogP contribution in [0.3, 0.4) is 0 Å². The average Bonchev–Trinajstić information content (AvgIpc) is 3.21. The molecular weight excluding hydrogens is 360 g/mol. The minimum Gasteiger partial charge on any atom is -0.490 e. The first kappa shape index (κ1) is 18.1. The van der Waals surface area contributed by atoms with Gasteiger partial charge in [-0.05, 0) is 43.4 Å². The number of nitrogens with two attached hydrogens (primary N) is 1. The molecule has 0 spiro atoms. The minimum atomic E-state index is -0.700. The lowest BCUT2D eigenvalue weighted by atomic mass is 9.87. The van der Waals surface area contributed by atoms with Gasteiger partial charge in [0.25, 0.3) is 0 Å². The molecule has 4 rings (SSSR count). The Balaban J connectivity index is 1.74. The molecule has 0 bridgehead atoms. The predicted molar refractivity (Wildman–Crippen MR) is 99.5 cm³/mol. The molecule has 1 aliphatic heterocycles. The SMILES string of the molecule is N#CC1=C(N)Oc2c(oc(CO)cc2=O)C1c1ccc(OC2CCCC2)cc1. The van der Waals surface area contributed by atoms with Crippen molar-refractivity contribution in [3.05, 3.63) is 69.1 Å². The molecule has 144 valence electrons. The van der Waals surface area contributed by atoms with Crippen LogP contribution in [0.25, 0.3) is 0 Å². The number of hydrogen-bond donors (Lipinski definition) is 2. The van der Waals surface area contributed by atoms with Crippen LogP contribution in [-0.2, 0) is 6.61 Å². The van der Waals surface area contributed by atoms with Crippen LogP contribution >= 0.6 is 0 Å². The summed E-state index contributed by atoms with van der Waals surface area (Å²) >= 11 is 0. The summed E-state index contributed by atoms with van der Waals surface area (Å²) in [5.74, 6) is 0.112. The number of fused-ring (bicyclic) bond motifs is 1. The fourth-order valence-corrected chi connectivity index (χ4v) is 3.73. The molecule has 1 aromatic carbocycles. The van der Waals surface area contributed by atoms with E-state index in [1.165, 1.54) is 12.8 Å². The van der Waals surface area contributed by atoms with E-state index >= 15 is 0 Å². The standard InChI is InChI=1S/C21H20N2O5/c22-10-16-18(12-5-7-14(8-6-12)26-13-3-1-2-4-13)20-19(28-21(16)23)17(25)9-15(11-24)27-20/h5-9,13,18,24H,1-4,11,23H2. The molecule has 7 nitrogen and oxygen atoms in total. The minimum absolute atomic E-state index is 0.0648. The molecule has 28 heavy (non-hydrogen) atoms. The summed E-state index contributed by atoms with van der Waals surface area (Å²) in [5, 5.41) is 19.0. The molecule has 1 aromatic heterocycles.